The van der Waals surface area contributed by atoms with E-state index in [1.54, 1.807) is 6.92 Å². The van der Waals surface area contributed by atoms with Crippen molar-refractivity contribution in [2.24, 2.45) is 45.8 Å². The molecule has 0 heterocycles. The average Bonchev–Trinajstić information content (AvgIpc) is 3.07. The lowest BCUT2D eigenvalue weighted by Crippen LogP contribution is -2.57. The fraction of sp³-hybridized carbons (Fsp3) is 0.767. The van der Waals surface area contributed by atoms with Gasteiger partial charge in [0.05, 0.1) is 19.1 Å². The molecule has 0 saturated heterocycles. The van der Waals surface area contributed by atoms with E-state index in [1.165, 1.54) is 7.11 Å². The minimum atomic E-state index is -0.938. The van der Waals surface area contributed by atoms with Gasteiger partial charge in [-0.25, -0.2) is 0 Å². The van der Waals surface area contributed by atoms with Gasteiger partial charge in [0.25, 0.3) is 0 Å². The Bertz CT molecular complexity index is 1080. The highest BCUT2D eigenvalue weighted by Crippen LogP contribution is 2.66. The standard InChI is InChI=1S/C30H42O7/c1-15(10-17(31)11-16(2)27(36)37-7)18-12-20(33)25-24-19(32)13-22-28(3,4)23(35)8-9-29(22,5)26(24)21(34)14-30(18,25)6/h15-16,18-19,22,25,32H,8-14H2,1-7H3. The maximum Gasteiger partial charge on any atom is 0.308 e. The summed E-state index contributed by atoms with van der Waals surface area (Å²) in [5.74, 6) is -1.89. The van der Waals surface area contributed by atoms with Crippen LogP contribution in [0.2, 0.25) is 0 Å². The number of aliphatic hydroxyl groups is 1. The molecule has 4 aliphatic carbocycles. The van der Waals surface area contributed by atoms with Gasteiger partial charge in [-0.15, -0.1) is 0 Å². The Labute approximate surface area is 219 Å². The predicted molar refractivity (Wildman–Crippen MR) is 136 cm³/mol. The van der Waals surface area contributed by atoms with Gasteiger partial charge in [-0.05, 0) is 41.6 Å². The molecule has 0 amide bonds. The minimum absolute atomic E-state index is 0.0253. The van der Waals surface area contributed by atoms with Crippen LogP contribution < -0.4 is 0 Å². The van der Waals surface area contributed by atoms with Crippen LogP contribution in [0.25, 0.3) is 0 Å². The van der Waals surface area contributed by atoms with Crippen molar-refractivity contribution in [1.82, 2.24) is 0 Å². The number of rotatable bonds is 6. The molecule has 2 fully saturated rings. The number of ether oxygens (including phenoxy) is 1. The number of Topliss-reactive ketones (excluding diaryl/α,β-unsaturated/α-hetero) is 4. The van der Waals surface area contributed by atoms with E-state index >= 15 is 0 Å². The quantitative estimate of drug-likeness (QED) is 0.532. The first kappa shape index (κ1) is 27.9. The highest BCUT2D eigenvalue weighted by atomic mass is 16.5. The van der Waals surface area contributed by atoms with Crippen LogP contribution in [0.1, 0.15) is 86.5 Å². The maximum absolute atomic E-state index is 13.9. The van der Waals surface area contributed by atoms with Gasteiger partial charge in [-0.3, -0.25) is 24.0 Å². The van der Waals surface area contributed by atoms with Gasteiger partial charge in [-0.2, -0.15) is 0 Å². The zero-order valence-electron chi connectivity index (χ0n) is 23.3. The number of hydrogen-bond donors (Lipinski definition) is 1. The zero-order chi connectivity index (χ0) is 27.7. The number of carbonyl (C=O) groups is 5. The lowest BCUT2D eigenvalue weighted by molar-refractivity contribution is -0.146. The molecule has 4 rings (SSSR count). The number of ketones is 4. The van der Waals surface area contributed by atoms with Crippen LogP contribution in [0.15, 0.2) is 11.1 Å². The molecular weight excluding hydrogens is 472 g/mol. The molecular formula is C30H42O7. The Morgan fingerprint density at radius 3 is 2.35 bits per heavy atom. The highest BCUT2D eigenvalue weighted by Gasteiger charge is 2.65. The topological polar surface area (TPSA) is 115 Å². The fourth-order valence-corrected chi connectivity index (χ4v) is 8.78. The van der Waals surface area contributed by atoms with Gasteiger partial charge < -0.3 is 9.84 Å². The van der Waals surface area contributed by atoms with Crippen LogP contribution in [-0.2, 0) is 28.7 Å². The number of carbonyl (C=O) groups excluding carboxylic acids is 5. The maximum atomic E-state index is 13.9. The molecule has 8 atom stereocenters. The third kappa shape index (κ3) is 4.16. The van der Waals surface area contributed by atoms with Crippen molar-refractivity contribution in [3.63, 3.8) is 0 Å². The third-order valence-corrected chi connectivity index (χ3v) is 10.7. The Morgan fingerprint density at radius 1 is 1.08 bits per heavy atom. The second-order valence-electron chi connectivity index (χ2n) is 13.4. The molecule has 0 aromatic rings. The molecule has 37 heavy (non-hydrogen) atoms. The van der Waals surface area contributed by atoms with Crippen LogP contribution in [0.5, 0.6) is 0 Å². The summed E-state index contributed by atoms with van der Waals surface area (Å²) in [5, 5.41) is 11.4. The molecule has 1 N–H and O–H groups in total. The highest BCUT2D eigenvalue weighted by molar-refractivity contribution is 6.04. The molecule has 0 aliphatic heterocycles. The van der Waals surface area contributed by atoms with Gasteiger partial charge >= 0.3 is 5.97 Å². The van der Waals surface area contributed by atoms with Crippen molar-refractivity contribution >= 4 is 29.1 Å². The summed E-state index contributed by atoms with van der Waals surface area (Å²) in [4.78, 5) is 64.9. The van der Waals surface area contributed by atoms with Crippen LogP contribution in [0.3, 0.4) is 0 Å². The second kappa shape index (κ2) is 9.25. The molecule has 0 radical (unpaired) electrons. The van der Waals surface area contributed by atoms with Crippen molar-refractivity contribution in [3.8, 4) is 0 Å². The Morgan fingerprint density at radius 2 is 1.73 bits per heavy atom. The number of aliphatic hydroxyl groups excluding tert-OH is 1. The summed E-state index contributed by atoms with van der Waals surface area (Å²) in [6.07, 6.45) is 1.15. The smallest absolute Gasteiger partial charge is 0.308 e. The van der Waals surface area contributed by atoms with Crippen LogP contribution in [-0.4, -0.2) is 47.4 Å². The number of fused-ring (bicyclic) bond motifs is 4. The molecule has 4 aliphatic rings. The lowest BCUT2D eigenvalue weighted by Gasteiger charge is -2.57. The van der Waals surface area contributed by atoms with Crippen molar-refractivity contribution in [2.45, 2.75) is 92.6 Å². The molecule has 7 heteroatoms. The average molecular weight is 515 g/mol. The van der Waals surface area contributed by atoms with E-state index in [1.807, 2.05) is 34.6 Å². The molecule has 0 aromatic heterocycles. The van der Waals surface area contributed by atoms with E-state index in [9.17, 15) is 29.1 Å². The molecule has 2 saturated carbocycles. The van der Waals surface area contributed by atoms with Gasteiger partial charge in [0.2, 0.25) is 0 Å². The predicted octanol–water partition coefficient (Wildman–Crippen LogP) is 4.04. The lowest BCUT2D eigenvalue weighted by atomic mass is 9.45. The van der Waals surface area contributed by atoms with E-state index in [4.69, 9.17) is 4.74 Å². The van der Waals surface area contributed by atoms with E-state index < -0.39 is 40.2 Å². The Hall–Kier alpha value is -2.15. The fourth-order valence-electron chi connectivity index (χ4n) is 8.78. The van der Waals surface area contributed by atoms with Crippen molar-refractivity contribution in [3.05, 3.63) is 11.1 Å². The van der Waals surface area contributed by atoms with Crippen LogP contribution in [0, 0.1) is 45.8 Å². The SMILES string of the molecule is COC(=O)C(C)CC(=O)CC(C)C1CC(=O)C2C3=C(C(=O)CC21C)C1(C)CCC(=O)C(C)(C)C1CC3O. The summed E-state index contributed by atoms with van der Waals surface area (Å²) in [7, 11) is 1.30. The Kier molecular flexibility index (Phi) is 6.97. The number of allylic oxidation sites excluding steroid dienone is 1. The summed E-state index contributed by atoms with van der Waals surface area (Å²) in [6, 6.07) is 0. The number of methoxy groups -OCH3 is 1. The van der Waals surface area contributed by atoms with Gasteiger partial charge in [-0.1, -0.05) is 41.5 Å². The van der Waals surface area contributed by atoms with Crippen molar-refractivity contribution in [1.29, 1.82) is 0 Å². The van der Waals surface area contributed by atoms with Gasteiger partial charge in [0, 0.05) is 54.4 Å². The van der Waals surface area contributed by atoms with Gasteiger partial charge in [0.1, 0.15) is 17.3 Å². The van der Waals surface area contributed by atoms with E-state index in [-0.39, 0.29) is 66.6 Å². The number of hydrogen-bond acceptors (Lipinski definition) is 7. The normalized spacial score (nSPS) is 38.4. The summed E-state index contributed by atoms with van der Waals surface area (Å²) < 4.78 is 4.73. The third-order valence-electron chi connectivity index (χ3n) is 10.7. The van der Waals surface area contributed by atoms with E-state index in [0.717, 1.165) is 0 Å². The molecule has 0 aromatic carbocycles. The minimum Gasteiger partial charge on any atom is -0.469 e. The first-order chi connectivity index (χ1) is 17.1. The monoisotopic (exact) mass is 514 g/mol. The first-order valence-electron chi connectivity index (χ1n) is 13.7. The molecule has 204 valence electrons. The first-order valence-corrected chi connectivity index (χ1v) is 13.7. The van der Waals surface area contributed by atoms with Crippen molar-refractivity contribution in [2.75, 3.05) is 7.11 Å². The summed E-state index contributed by atoms with van der Waals surface area (Å²) >= 11 is 0. The zero-order valence-corrected chi connectivity index (χ0v) is 23.3. The van der Waals surface area contributed by atoms with Crippen LogP contribution in [0.4, 0.5) is 0 Å². The Balaban J connectivity index is 1.66. The molecule has 0 bridgehead atoms. The second-order valence-corrected chi connectivity index (χ2v) is 13.4. The largest absolute Gasteiger partial charge is 0.469 e. The molecule has 8 unspecified atom stereocenters. The molecule has 7 nitrogen and oxygen atoms in total. The van der Waals surface area contributed by atoms with E-state index in [0.29, 0.717) is 30.4 Å². The van der Waals surface area contributed by atoms with Crippen LogP contribution >= 0.6 is 0 Å². The van der Waals surface area contributed by atoms with Gasteiger partial charge in [0.15, 0.2) is 5.78 Å². The summed E-state index contributed by atoms with van der Waals surface area (Å²) in [6.45, 7) is 11.5. The van der Waals surface area contributed by atoms with Crippen molar-refractivity contribution < 1.29 is 33.8 Å². The summed E-state index contributed by atoms with van der Waals surface area (Å²) in [5.41, 5.74) is -0.678. The van der Waals surface area contributed by atoms with E-state index in [2.05, 4.69) is 0 Å². The molecule has 0 spiro atoms. The number of esters is 1.